The van der Waals surface area contributed by atoms with Crippen LogP contribution in [0.1, 0.15) is 51.9 Å². The molecule has 0 aliphatic carbocycles. The maximum Gasteiger partial charge on any atom is 0.239 e. The van der Waals surface area contributed by atoms with Gasteiger partial charge in [-0.3, -0.25) is 4.79 Å². The Morgan fingerprint density at radius 1 is 1.27 bits per heavy atom. The van der Waals surface area contributed by atoms with Crippen molar-refractivity contribution in [1.29, 1.82) is 0 Å². The first-order valence-electron chi connectivity index (χ1n) is 9.57. The van der Waals surface area contributed by atoms with Crippen LogP contribution in [-0.4, -0.2) is 39.5 Å². The first-order valence-corrected chi connectivity index (χ1v) is 9.57. The van der Waals surface area contributed by atoms with Crippen molar-refractivity contribution in [3.63, 3.8) is 0 Å². The summed E-state index contributed by atoms with van der Waals surface area (Å²) in [7, 11) is 0. The highest BCUT2D eigenvalue weighted by Gasteiger charge is 2.30. The quantitative estimate of drug-likeness (QED) is 0.865. The van der Waals surface area contributed by atoms with Crippen LogP contribution in [0.3, 0.4) is 0 Å². The highest BCUT2D eigenvalue weighted by molar-refractivity contribution is 5.85. The lowest BCUT2D eigenvalue weighted by Crippen LogP contribution is -2.49. The van der Waals surface area contributed by atoms with Crippen LogP contribution in [-0.2, 0) is 11.2 Å². The number of aromatic nitrogens is 2. The third kappa shape index (κ3) is 3.89. The summed E-state index contributed by atoms with van der Waals surface area (Å²) in [6, 6.07) is 8.38. The molecule has 2 aromatic rings. The molecular formula is C20H31ClN4O. The average Bonchev–Trinajstić information content (AvgIpc) is 3.05. The summed E-state index contributed by atoms with van der Waals surface area (Å²) >= 11 is 0. The highest BCUT2D eigenvalue weighted by Crippen LogP contribution is 2.29. The Bertz CT molecular complexity index is 736. The van der Waals surface area contributed by atoms with E-state index in [0.717, 1.165) is 50.1 Å². The second-order valence-electron chi connectivity index (χ2n) is 7.21. The molecule has 26 heavy (non-hydrogen) atoms. The number of amides is 1. The zero-order valence-corrected chi connectivity index (χ0v) is 16.8. The Balaban J connectivity index is 0.00000243. The number of fused-ring (bicyclic) bond motifs is 1. The summed E-state index contributed by atoms with van der Waals surface area (Å²) in [5.41, 5.74) is 8.42. The SMILES string of the molecule is CCc1nc2ccccc2n1C1CCN(C(=O)C(N)C(C)CC)CC1.Cl. The Kier molecular flexibility index (Phi) is 7.07. The number of likely N-dealkylation sites (tertiary alicyclic amines) is 1. The van der Waals surface area contributed by atoms with Crippen molar-refractivity contribution in [2.24, 2.45) is 11.7 Å². The molecule has 1 amide bonds. The number of imidazole rings is 1. The number of benzene rings is 1. The van der Waals surface area contributed by atoms with E-state index in [0.29, 0.717) is 6.04 Å². The summed E-state index contributed by atoms with van der Waals surface area (Å²) < 4.78 is 2.39. The van der Waals surface area contributed by atoms with E-state index in [2.05, 4.69) is 43.5 Å². The van der Waals surface area contributed by atoms with E-state index < -0.39 is 0 Å². The van der Waals surface area contributed by atoms with Gasteiger partial charge in [0.15, 0.2) is 0 Å². The third-order valence-electron chi connectivity index (χ3n) is 5.67. The van der Waals surface area contributed by atoms with Crippen molar-refractivity contribution in [3.05, 3.63) is 30.1 Å². The summed E-state index contributed by atoms with van der Waals surface area (Å²) in [5.74, 6) is 1.48. The molecule has 2 unspecified atom stereocenters. The van der Waals surface area contributed by atoms with Gasteiger partial charge >= 0.3 is 0 Å². The number of para-hydroxylation sites is 2. The van der Waals surface area contributed by atoms with Gasteiger partial charge in [0, 0.05) is 25.6 Å². The number of piperidine rings is 1. The van der Waals surface area contributed by atoms with Crippen LogP contribution in [0.2, 0.25) is 0 Å². The minimum Gasteiger partial charge on any atom is -0.341 e. The van der Waals surface area contributed by atoms with Crippen molar-refractivity contribution in [1.82, 2.24) is 14.5 Å². The van der Waals surface area contributed by atoms with E-state index in [-0.39, 0.29) is 30.3 Å². The van der Waals surface area contributed by atoms with Crippen LogP contribution in [0.4, 0.5) is 0 Å². The fourth-order valence-corrected chi connectivity index (χ4v) is 3.80. The normalized spacial score (nSPS) is 17.8. The Morgan fingerprint density at radius 2 is 1.92 bits per heavy atom. The van der Waals surface area contributed by atoms with Gasteiger partial charge < -0.3 is 15.2 Å². The van der Waals surface area contributed by atoms with E-state index in [4.69, 9.17) is 10.7 Å². The number of carbonyl (C=O) groups is 1. The van der Waals surface area contributed by atoms with Gasteiger partial charge in [-0.1, -0.05) is 39.3 Å². The summed E-state index contributed by atoms with van der Waals surface area (Å²) in [6.07, 6.45) is 3.79. The van der Waals surface area contributed by atoms with E-state index in [1.165, 1.54) is 5.52 Å². The number of nitrogens with two attached hydrogens (primary N) is 1. The Morgan fingerprint density at radius 3 is 2.54 bits per heavy atom. The number of rotatable bonds is 5. The number of halogens is 1. The third-order valence-corrected chi connectivity index (χ3v) is 5.67. The molecule has 0 saturated carbocycles. The van der Waals surface area contributed by atoms with Crippen molar-refractivity contribution in [2.75, 3.05) is 13.1 Å². The molecule has 144 valence electrons. The molecular weight excluding hydrogens is 348 g/mol. The lowest BCUT2D eigenvalue weighted by atomic mass is 9.97. The maximum absolute atomic E-state index is 12.6. The zero-order chi connectivity index (χ0) is 18.0. The second-order valence-corrected chi connectivity index (χ2v) is 7.21. The highest BCUT2D eigenvalue weighted by atomic mass is 35.5. The van der Waals surface area contributed by atoms with E-state index >= 15 is 0 Å². The summed E-state index contributed by atoms with van der Waals surface area (Å²) in [6.45, 7) is 7.86. The van der Waals surface area contributed by atoms with Crippen molar-refractivity contribution in [3.8, 4) is 0 Å². The monoisotopic (exact) mass is 378 g/mol. The topological polar surface area (TPSA) is 64.2 Å². The van der Waals surface area contributed by atoms with Gasteiger partial charge in [-0.05, 0) is 30.9 Å². The Labute approximate surface area is 162 Å². The fraction of sp³-hybridized carbons (Fsp3) is 0.600. The molecule has 1 aliphatic heterocycles. The first kappa shape index (κ1) is 20.7. The maximum atomic E-state index is 12.6. The zero-order valence-electron chi connectivity index (χ0n) is 16.0. The van der Waals surface area contributed by atoms with Crippen LogP contribution in [0.15, 0.2) is 24.3 Å². The smallest absolute Gasteiger partial charge is 0.239 e. The number of carbonyl (C=O) groups excluding carboxylic acids is 1. The van der Waals surface area contributed by atoms with Crippen molar-refractivity contribution >= 4 is 29.3 Å². The number of nitrogens with zero attached hydrogens (tertiary/aromatic N) is 3. The molecule has 1 aromatic heterocycles. The molecule has 5 nitrogen and oxygen atoms in total. The lowest BCUT2D eigenvalue weighted by Gasteiger charge is -2.35. The molecule has 1 fully saturated rings. The largest absolute Gasteiger partial charge is 0.341 e. The van der Waals surface area contributed by atoms with Crippen LogP contribution in [0.25, 0.3) is 11.0 Å². The first-order chi connectivity index (χ1) is 12.1. The van der Waals surface area contributed by atoms with Gasteiger partial charge in [-0.15, -0.1) is 12.4 Å². The second kappa shape index (κ2) is 8.87. The van der Waals surface area contributed by atoms with Gasteiger partial charge in [0.05, 0.1) is 17.1 Å². The van der Waals surface area contributed by atoms with Gasteiger partial charge in [0.1, 0.15) is 5.82 Å². The van der Waals surface area contributed by atoms with E-state index in [9.17, 15) is 4.79 Å². The lowest BCUT2D eigenvalue weighted by molar-refractivity contribution is -0.135. The molecule has 1 saturated heterocycles. The van der Waals surface area contributed by atoms with Crippen molar-refractivity contribution in [2.45, 2.75) is 58.5 Å². The minimum atomic E-state index is -0.373. The molecule has 6 heteroatoms. The number of hydrogen-bond donors (Lipinski definition) is 1. The number of aryl methyl sites for hydroxylation is 1. The number of hydrogen-bond acceptors (Lipinski definition) is 3. The molecule has 1 aliphatic rings. The van der Waals surface area contributed by atoms with E-state index in [1.807, 2.05) is 11.0 Å². The summed E-state index contributed by atoms with van der Waals surface area (Å²) in [4.78, 5) is 19.4. The molecule has 0 bridgehead atoms. The van der Waals surface area contributed by atoms with Gasteiger partial charge in [0.2, 0.25) is 5.91 Å². The van der Waals surface area contributed by atoms with Crippen molar-refractivity contribution < 1.29 is 4.79 Å². The molecule has 1 aromatic carbocycles. The van der Waals surface area contributed by atoms with Gasteiger partial charge in [0.25, 0.3) is 0 Å². The van der Waals surface area contributed by atoms with Crippen LogP contribution >= 0.6 is 12.4 Å². The molecule has 2 atom stereocenters. The molecule has 2 heterocycles. The summed E-state index contributed by atoms with van der Waals surface area (Å²) in [5, 5.41) is 0. The fourth-order valence-electron chi connectivity index (χ4n) is 3.80. The van der Waals surface area contributed by atoms with Crippen LogP contribution in [0, 0.1) is 5.92 Å². The van der Waals surface area contributed by atoms with E-state index in [1.54, 1.807) is 0 Å². The average molecular weight is 379 g/mol. The standard InChI is InChI=1S/C20H30N4O.ClH/c1-4-14(3)19(21)20(25)23-12-10-15(11-13-23)24-17-9-7-6-8-16(17)22-18(24)5-2;/h6-9,14-15,19H,4-5,10-13,21H2,1-3H3;1H. The molecule has 0 spiro atoms. The molecule has 0 radical (unpaired) electrons. The van der Waals surface area contributed by atoms with Crippen LogP contribution in [0.5, 0.6) is 0 Å². The molecule has 2 N–H and O–H groups in total. The minimum absolute atomic E-state index is 0. The van der Waals surface area contributed by atoms with Gasteiger partial charge in [-0.25, -0.2) is 4.98 Å². The predicted octanol–water partition coefficient (Wildman–Crippen LogP) is 3.56. The van der Waals surface area contributed by atoms with Crippen LogP contribution < -0.4 is 5.73 Å². The van der Waals surface area contributed by atoms with Gasteiger partial charge in [-0.2, -0.15) is 0 Å². The molecule has 3 rings (SSSR count). The Hall–Kier alpha value is -1.59. The predicted molar refractivity (Wildman–Crippen MR) is 109 cm³/mol.